The van der Waals surface area contributed by atoms with Gasteiger partial charge in [-0.25, -0.2) is 0 Å². The number of guanidine groups is 1. The van der Waals surface area contributed by atoms with Crippen molar-refractivity contribution in [2.24, 2.45) is 4.99 Å². The number of carboxylic acids is 1. The number of ether oxygens (including phenoxy) is 2. The van der Waals surface area contributed by atoms with Crippen molar-refractivity contribution >= 4 is 29.4 Å². The third-order valence-corrected chi connectivity index (χ3v) is 7.05. The van der Waals surface area contributed by atoms with E-state index in [9.17, 15) is 55.2 Å². The lowest BCUT2D eigenvalue weighted by Gasteiger charge is -2.39. The zero-order valence-corrected chi connectivity index (χ0v) is 24.1. The van der Waals surface area contributed by atoms with Crippen LogP contribution in [0, 0.1) is 0 Å². The number of rotatable bonds is 11. The molecule has 2 amide bonds. The van der Waals surface area contributed by atoms with Gasteiger partial charge in [0.15, 0.2) is 17.5 Å². The first-order valence-electron chi connectivity index (χ1n) is 14.0. The Morgan fingerprint density at radius 2 is 1.80 bits per heavy atom. The fourth-order valence-corrected chi connectivity index (χ4v) is 4.65. The number of anilines is 1. The number of aliphatic carboxylic acids is 1. The summed E-state index contributed by atoms with van der Waals surface area (Å²) in [7, 11) is 0. The zero-order chi connectivity index (χ0) is 33.5. The van der Waals surface area contributed by atoms with Crippen molar-refractivity contribution in [2.45, 2.75) is 49.3 Å². The molecule has 1 fully saturated rings. The highest BCUT2D eigenvalue weighted by Gasteiger charge is 2.45. The predicted octanol–water partition coefficient (Wildman–Crippen LogP) is -2.93. The van der Waals surface area contributed by atoms with Crippen molar-refractivity contribution in [2.75, 3.05) is 31.6 Å². The number of amides is 2. The van der Waals surface area contributed by atoms with Gasteiger partial charge < -0.3 is 71.6 Å². The summed E-state index contributed by atoms with van der Waals surface area (Å²) in [5.74, 6) is -4.23. The largest absolute Gasteiger partial charge is 0.507 e. The van der Waals surface area contributed by atoms with Crippen LogP contribution in [0.5, 0.6) is 17.2 Å². The number of aromatic hydroxyl groups is 2. The second-order valence-corrected chi connectivity index (χ2v) is 10.5. The minimum absolute atomic E-state index is 0.183. The number of phenols is 2. The SMILES string of the molecule is O=C(O)CC(NC(=O)CNC(=O)c1cccc(NC2=NCC(O)CN2)c1)c1cc(OC2OC(CO)C(O)C(O)C2O)c(O)cc1O. The summed E-state index contributed by atoms with van der Waals surface area (Å²) in [6, 6.07) is 6.62. The number of carbonyl (C=O) groups is 3. The van der Waals surface area contributed by atoms with Crippen molar-refractivity contribution in [3.8, 4) is 17.2 Å². The number of nitrogens with zero attached hydrogens (tertiary/aromatic N) is 1. The molecule has 18 heteroatoms. The molecule has 12 N–H and O–H groups in total. The number of aliphatic hydroxyl groups is 5. The zero-order valence-electron chi connectivity index (χ0n) is 24.1. The second kappa shape index (κ2) is 15.0. The van der Waals surface area contributed by atoms with Crippen LogP contribution in [0.15, 0.2) is 41.4 Å². The number of nitrogens with one attached hydrogen (secondary N) is 4. The Morgan fingerprint density at radius 1 is 1.04 bits per heavy atom. The second-order valence-electron chi connectivity index (χ2n) is 10.5. The minimum Gasteiger partial charge on any atom is -0.507 e. The summed E-state index contributed by atoms with van der Waals surface area (Å²) in [5.41, 5.74) is 0.457. The van der Waals surface area contributed by atoms with Crippen molar-refractivity contribution in [3.05, 3.63) is 47.5 Å². The van der Waals surface area contributed by atoms with Gasteiger partial charge >= 0.3 is 5.97 Å². The van der Waals surface area contributed by atoms with E-state index in [0.717, 1.165) is 12.1 Å². The van der Waals surface area contributed by atoms with Gasteiger partial charge in [-0.3, -0.25) is 19.4 Å². The van der Waals surface area contributed by atoms with Crippen molar-refractivity contribution in [1.82, 2.24) is 16.0 Å². The Morgan fingerprint density at radius 3 is 2.48 bits per heavy atom. The van der Waals surface area contributed by atoms with Gasteiger partial charge in [0, 0.05) is 29.4 Å². The molecule has 7 unspecified atom stereocenters. The molecule has 0 aromatic heterocycles. The Balaban J connectivity index is 1.43. The molecule has 46 heavy (non-hydrogen) atoms. The van der Waals surface area contributed by atoms with Crippen molar-refractivity contribution < 1.29 is 64.7 Å². The van der Waals surface area contributed by atoms with Crippen LogP contribution in [0.2, 0.25) is 0 Å². The molecule has 2 aliphatic rings. The lowest BCUT2D eigenvalue weighted by atomic mass is 9.99. The third kappa shape index (κ3) is 8.50. The molecule has 18 nitrogen and oxygen atoms in total. The third-order valence-electron chi connectivity index (χ3n) is 7.05. The quantitative estimate of drug-likeness (QED) is 0.116. The predicted molar refractivity (Wildman–Crippen MR) is 156 cm³/mol. The number of hydrogen-bond donors (Lipinski definition) is 12. The topological polar surface area (TPSA) is 292 Å². The van der Waals surface area contributed by atoms with E-state index in [4.69, 9.17) is 9.47 Å². The summed E-state index contributed by atoms with van der Waals surface area (Å²) < 4.78 is 10.7. The van der Waals surface area contributed by atoms with Gasteiger partial charge in [0.25, 0.3) is 5.91 Å². The molecule has 4 rings (SSSR count). The van der Waals surface area contributed by atoms with Crippen LogP contribution in [0.1, 0.15) is 28.4 Å². The van der Waals surface area contributed by atoms with E-state index in [0.29, 0.717) is 18.2 Å². The standard InChI is InChI=1S/C28H35N5O13/c34-11-20-23(41)24(42)25(43)27(46-20)45-19-5-15(17(36)7-18(19)37)16(6-22(39)40)33-21(38)10-29-26(44)12-2-1-3-13(4-12)32-28-30-8-14(35)9-31-28/h1-5,7,14,16,20,23-25,27,34-37,41-43H,6,8-11H2,(H,29,44)(H,33,38)(H,39,40)(H2,30,31,32). The number of phenolic OH excluding ortho intramolecular Hbond substituents is 2. The molecular weight excluding hydrogens is 614 g/mol. The molecule has 0 bridgehead atoms. The van der Waals surface area contributed by atoms with E-state index < -0.39 is 97.5 Å². The highest BCUT2D eigenvalue weighted by Crippen LogP contribution is 2.39. The van der Waals surface area contributed by atoms with Crippen molar-refractivity contribution in [1.29, 1.82) is 0 Å². The van der Waals surface area contributed by atoms with E-state index in [2.05, 4.69) is 26.3 Å². The monoisotopic (exact) mass is 649 g/mol. The van der Waals surface area contributed by atoms with Gasteiger partial charge in [0.1, 0.15) is 30.2 Å². The number of carboxylic acid groups (broad SMARTS) is 1. The first-order valence-corrected chi connectivity index (χ1v) is 14.0. The molecular formula is C28H35N5O13. The molecule has 2 aliphatic heterocycles. The lowest BCUT2D eigenvalue weighted by molar-refractivity contribution is -0.277. The molecule has 0 saturated carbocycles. The fraction of sp³-hybridized carbons (Fsp3) is 0.429. The number of hydrogen-bond acceptors (Lipinski definition) is 15. The molecule has 7 atom stereocenters. The molecule has 0 spiro atoms. The number of β-amino-alcohol motifs (C(OH)–C–C–N with tert-alkyl or cyclic N) is 1. The van der Waals surface area contributed by atoms with Gasteiger partial charge in [-0.15, -0.1) is 0 Å². The van der Waals surface area contributed by atoms with Crippen LogP contribution in [0.4, 0.5) is 5.69 Å². The van der Waals surface area contributed by atoms with Crippen LogP contribution in [0.3, 0.4) is 0 Å². The average molecular weight is 650 g/mol. The summed E-state index contributed by atoms with van der Waals surface area (Å²) in [6.45, 7) is -0.825. The number of benzene rings is 2. The molecule has 2 aromatic rings. The highest BCUT2D eigenvalue weighted by atomic mass is 16.7. The average Bonchev–Trinajstić information content (AvgIpc) is 3.02. The first kappa shape index (κ1) is 34.2. The normalized spacial score (nSPS) is 24.9. The molecule has 2 aromatic carbocycles. The summed E-state index contributed by atoms with van der Waals surface area (Å²) >= 11 is 0. The van der Waals surface area contributed by atoms with Gasteiger partial charge in [-0.05, 0) is 24.3 Å². The Hall–Kier alpha value is -4.72. The summed E-state index contributed by atoms with van der Waals surface area (Å²) in [4.78, 5) is 41.3. The van der Waals surface area contributed by atoms with E-state index >= 15 is 0 Å². The van der Waals surface area contributed by atoms with Crippen LogP contribution in [-0.4, -0.2) is 128 Å². The van der Waals surface area contributed by atoms with Gasteiger partial charge in [0.05, 0.1) is 38.3 Å². The smallest absolute Gasteiger partial charge is 0.305 e. The Labute approximate surface area is 260 Å². The molecule has 250 valence electrons. The van der Waals surface area contributed by atoms with Gasteiger partial charge in [-0.2, -0.15) is 0 Å². The van der Waals surface area contributed by atoms with Crippen LogP contribution < -0.4 is 26.0 Å². The number of carbonyl (C=O) groups excluding carboxylic acids is 2. The maximum Gasteiger partial charge on any atom is 0.305 e. The maximum absolute atomic E-state index is 12.8. The van der Waals surface area contributed by atoms with Gasteiger partial charge in [0.2, 0.25) is 12.2 Å². The van der Waals surface area contributed by atoms with Crippen LogP contribution in [0.25, 0.3) is 0 Å². The van der Waals surface area contributed by atoms with Crippen LogP contribution in [-0.2, 0) is 14.3 Å². The number of aliphatic hydroxyl groups excluding tert-OH is 5. The van der Waals surface area contributed by atoms with Crippen molar-refractivity contribution in [3.63, 3.8) is 0 Å². The summed E-state index contributed by atoms with van der Waals surface area (Å²) in [5, 5.41) is 90.2. The van der Waals surface area contributed by atoms with E-state index in [1.165, 1.54) is 12.1 Å². The first-order chi connectivity index (χ1) is 21.9. The van der Waals surface area contributed by atoms with Gasteiger partial charge in [-0.1, -0.05) is 6.07 Å². The number of aliphatic imine (C=N–C) groups is 1. The van der Waals surface area contributed by atoms with Crippen LogP contribution >= 0.6 is 0 Å². The van der Waals surface area contributed by atoms with E-state index in [-0.39, 0.29) is 17.7 Å². The maximum atomic E-state index is 12.8. The lowest BCUT2D eigenvalue weighted by Crippen LogP contribution is -2.60. The van der Waals surface area contributed by atoms with E-state index in [1.807, 2.05) is 0 Å². The summed E-state index contributed by atoms with van der Waals surface area (Å²) in [6.07, 6.45) is -9.70. The molecule has 0 aliphatic carbocycles. The molecule has 0 radical (unpaired) electrons. The Bertz CT molecular complexity index is 1450. The molecule has 2 heterocycles. The minimum atomic E-state index is -1.84. The fourth-order valence-electron chi connectivity index (χ4n) is 4.65. The van der Waals surface area contributed by atoms with E-state index in [1.54, 1.807) is 12.1 Å². The molecule has 1 saturated heterocycles. The Kier molecular flexibility index (Phi) is 11.2. The highest BCUT2D eigenvalue weighted by molar-refractivity contribution is 5.99.